The molecule has 0 aliphatic heterocycles. The van der Waals surface area contributed by atoms with Gasteiger partial charge in [-0.3, -0.25) is 14.8 Å². The summed E-state index contributed by atoms with van der Waals surface area (Å²) in [5.74, 6) is 0.358. The zero-order chi connectivity index (χ0) is 13.8. The van der Waals surface area contributed by atoms with Crippen LogP contribution in [-0.4, -0.2) is 51.0 Å². The number of likely N-dealkylation sites (N-methyl/N-ethyl adjacent to an activating group) is 1. The summed E-state index contributed by atoms with van der Waals surface area (Å²) in [6.45, 7) is 2.25. The van der Waals surface area contributed by atoms with Gasteiger partial charge in [-0.05, 0) is 25.8 Å². The minimum atomic E-state index is -0.442. The number of hydrogen-bond donors (Lipinski definition) is 1. The summed E-state index contributed by atoms with van der Waals surface area (Å²) in [4.78, 5) is 12.2. The summed E-state index contributed by atoms with van der Waals surface area (Å²) in [6.07, 6.45) is 5.63. The molecule has 0 aromatic carbocycles. The van der Waals surface area contributed by atoms with Gasteiger partial charge in [0.2, 0.25) is 0 Å². The molecule has 19 heavy (non-hydrogen) atoms. The van der Waals surface area contributed by atoms with Crippen molar-refractivity contribution in [2.45, 2.75) is 31.9 Å². The number of aliphatic hydroxyl groups is 1. The monoisotopic (exact) mass is 268 g/mol. The molecule has 0 spiro atoms. The number of nitrogens with zero attached hydrogens (tertiary/aromatic N) is 4. The van der Waals surface area contributed by atoms with Crippen LogP contribution >= 0.6 is 0 Å². The van der Waals surface area contributed by atoms with Gasteiger partial charge in [0.05, 0.1) is 17.6 Å². The molecule has 1 aromatic rings. The highest BCUT2D eigenvalue weighted by atomic mass is 16.6. The topological polar surface area (TPSA) is 84.4 Å². The minimum absolute atomic E-state index is 0.0221. The first kappa shape index (κ1) is 14.0. The molecule has 2 atom stereocenters. The Morgan fingerprint density at radius 2 is 2.42 bits per heavy atom. The van der Waals surface area contributed by atoms with Crippen LogP contribution in [0.25, 0.3) is 0 Å². The second-order valence-electron chi connectivity index (χ2n) is 5.24. The molecular formula is C12H20N4O3. The Morgan fingerprint density at radius 1 is 1.63 bits per heavy atom. The summed E-state index contributed by atoms with van der Waals surface area (Å²) >= 11 is 0. The van der Waals surface area contributed by atoms with Crippen molar-refractivity contribution < 1.29 is 10.0 Å². The van der Waals surface area contributed by atoms with Crippen molar-refractivity contribution in [1.82, 2.24) is 14.7 Å². The number of aliphatic hydroxyl groups excluding tert-OH is 1. The van der Waals surface area contributed by atoms with Gasteiger partial charge in [-0.25, -0.2) is 0 Å². The third-order valence-electron chi connectivity index (χ3n) is 3.71. The van der Waals surface area contributed by atoms with E-state index in [0.717, 1.165) is 32.4 Å². The first-order valence-corrected chi connectivity index (χ1v) is 6.59. The standard InChI is InChI=1S/C12H20N4O3/c1-14(8-10-3-2-4-12(10)17)5-6-15-9-11(7-13-15)16(18)19/h7,9-10,12,17H,2-6,8H2,1H3. The van der Waals surface area contributed by atoms with Crippen LogP contribution < -0.4 is 0 Å². The van der Waals surface area contributed by atoms with E-state index >= 15 is 0 Å². The number of rotatable bonds is 6. The van der Waals surface area contributed by atoms with Crippen LogP contribution in [-0.2, 0) is 6.54 Å². The highest BCUT2D eigenvalue weighted by molar-refractivity contribution is 5.20. The molecule has 1 N–H and O–H groups in total. The highest BCUT2D eigenvalue weighted by Gasteiger charge is 2.25. The van der Waals surface area contributed by atoms with Crippen LogP contribution in [0.5, 0.6) is 0 Å². The van der Waals surface area contributed by atoms with Gasteiger partial charge in [-0.1, -0.05) is 6.42 Å². The molecule has 1 saturated carbocycles. The van der Waals surface area contributed by atoms with E-state index in [-0.39, 0.29) is 11.8 Å². The number of aromatic nitrogens is 2. The smallest absolute Gasteiger partial charge is 0.306 e. The zero-order valence-corrected chi connectivity index (χ0v) is 11.1. The summed E-state index contributed by atoms with van der Waals surface area (Å²) in [5, 5.41) is 24.3. The largest absolute Gasteiger partial charge is 0.393 e. The van der Waals surface area contributed by atoms with E-state index in [2.05, 4.69) is 10.00 Å². The fourth-order valence-corrected chi connectivity index (χ4v) is 2.56. The van der Waals surface area contributed by atoms with Gasteiger partial charge in [0.1, 0.15) is 12.4 Å². The van der Waals surface area contributed by atoms with Crippen molar-refractivity contribution in [2.24, 2.45) is 5.92 Å². The van der Waals surface area contributed by atoms with Gasteiger partial charge in [-0.15, -0.1) is 0 Å². The maximum atomic E-state index is 10.5. The molecule has 2 unspecified atom stereocenters. The van der Waals surface area contributed by atoms with Crippen LogP contribution in [0.15, 0.2) is 12.4 Å². The van der Waals surface area contributed by atoms with Gasteiger partial charge < -0.3 is 10.0 Å². The molecule has 1 aliphatic carbocycles. The Balaban J connectivity index is 1.76. The van der Waals surface area contributed by atoms with E-state index in [1.54, 1.807) is 4.68 Å². The molecule has 1 heterocycles. The lowest BCUT2D eigenvalue weighted by Crippen LogP contribution is -2.32. The van der Waals surface area contributed by atoms with Crippen molar-refractivity contribution in [2.75, 3.05) is 20.1 Å². The summed E-state index contributed by atoms with van der Waals surface area (Å²) < 4.78 is 1.58. The third kappa shape index (κ3) is 3.74. The van der Waals surface area contributed by atoms with Gasteiger partial charge >= 0.3 is 5.69 Å². The number of nitro groups is 1. The normalized spacial score (nSPS) is 23.1. The Morgan fingerprint density at radius 3 is 3.00 bits per heavy atom. The highest BCUT2D eigenvalue weighted by Crippen LogP contribution is 2.25. The molecule has 0 amide bonds. The maximum absolute atomic E-state index is 10.5. The van der Waals surface area contributed by atoms with E-state index in [1.807, 2.05) is 7.05 Å². The van der Waals surface area contributed by atoms with Crippen LogP contribution in [0.2, 0.25) is 0 Å². The minimum Gasteiger partial charge on any atom is -0.393 e. The van der Waals surface area contributed by atoms with Crippen molar-refractivity contribution in [3.05, 3.63) is 22.5 Å². The quantitative estimate of drug-likeness (QED) is 0.611. The van der Waals surface area contributed by atoms with Gasteiger partial charge in [0.25, 0.3) is 0 Å². The van der Waals surface area contributed by atoms with Gasteiger partial charge in [-0.2, -0.15) is 5.10 Å². The predicted octanol–water partition coefficient (Wildman–Crippen LogP) is 0.884. The van der Waals surface area contributed by atoms with E-state index < -0.39 is 4.92 Å². The molecule has 1 aliphatic rings. The second kappa shape index (κ2) is 6.12. The Bertz CT molecular complexity index is 434. The number of hydrogen-bond acceptors (Lipinski definition) is 5. The van der Waals surface area contributed by atoms with Crippen molar-refractivity contribution in [3.8, 4) is 0 Å². The molecule has 7 heteroatoms. The van der Waals surface area contributed by atoms with Crippen LogP contribution in [0.4, 0.5) is 5.69 Å². The lowest BCUT2D eigenvalue weighted by atomic mass is 10.1. The molecule has 2 rings (SSSR count). The van der Waals surface area contributed by atoms with Crippen molar-refractivity contribution in [3.63, 3.8) is 0 Å². The third-order valence-corrected chi connectivity index (χ3v) is 3.71. The first-order valence-electron chi connectivity index (χ1n) is 6.59. The lowest BCUT2D eigenvalue weighted by molar-refractivity contribution is -0.385. The first-order chi connectivity index (χ1) is 9.06. The van der Waals surface area contributed by atoms with E-state index in [0.29, 0.717) is 12.5 Å². The summed E-state index contributed by atoms with van der Waals surface area (Å²) in [6, 6.07) is 0. The molecule has 0 radical (unpaired) electrons. The SMILES string of the molecule is CN(CCn1cc([N+](=O)[O-])cn1)CC1CCCC1O. The van der Waals surface area contributed by atoms with Gasteiger partial charge in [0.15, 0.2) is 0 Å². The Labute approximate surface area is 112 Å². The average Bonchev–Trinajstić information content (AvgIpc) is 2.97. The average molecular weight is 268 g/mol. The fraction of sp³-hybridized carbons (Fsp3) is 0.750. The van der Waals surface area contributed by atoms with E-state index in [9.17, 15) is 15.2 Å². The Kier molecular flexibility index (Phi) is 4.49. The van der Waals surface area contributed by atoms with E-state index in [1.165, 1.54) is 12.4 Å². The summed E-state index contributed by atoms with van der Waals surface area (Å²) in [7, 11) is 2.00. The van der Waals surface area contributed by atoms with Crippen LogP contribution in [0.1, 0.15) is 19.3 Å². The predicted molar refractivity (Wildman–Crippen MR) is 69.7 cm³/mol. The van der Waals surface area contributed by atoms with Gasteiger partial charge in [0, 0.05) is 13.1 Å². The molecule has 1 fully saturated rings. The zero-order valence-electron chi connectivity index (χ0n) is 11.1. The van der Waals surface area contributed by atoms with Crippen molar-refractivity contribution in [1.29, 1.82) is 0 Å². The molecule has 0 bridgehead atoms. The molecule has 106 valence electrons. The molecule has 7 nitrogen and oxygen atoms in total. The molecular weight excluding hydrogens is 248 g/mol. The lowest BCUT2D eigenvalue weighted by Gasteiger charge is -2.22. The maximum Gasteiger partial charge on any atom is 0.306 e. The second-order valence-corrected chi connectivity index (χ2v) is 5.24. The van der Waals surface area contributed by atoms with Crippen LogP contribution in [0, 0.1) is 16.0 Å². The summed E-state index contributed by atoms with van der Waals surface area (Å²) in [5.41, 5.74) is 0.0221. The van der Waals surface area contributed by atoms with E-state index in [4.69, 9.17) is 0 Å². The Hall–Kier alpha value is -1.47. The molecule has 1 aromatic heterocycles. The fourth-order valence-electron chi connectivity index (χ4n) is 2.56. The molecule has 0 saturated heterocycles. The van der Waals surface area contributed by atoms with Crippen LogP contribution in [0.3, 0.4) is 0 Å². The van der Waals surface area contributed by atoms with Crippen molar-refractivity contribution >= 4 is 5.69 Å².